The largest absolute Gasteiger partial charge is 0.494 e. The van der Waals surface area contributed by atoms with Gasteiger partial charge in [0.15, 0.2) is 17.3 Å². The van der Waals surface area contributed by atoms with Crippen LogP contribution in [0.1, 0.15) is 36.0 Å². The zero-order valence-corrected chi connectivity index (χ0v) is 10.5. The SMILES string of the molecule is COc1ccc(C(=O)CNC2CCCC2)cc1F. The van der Waals surface area contributed by atoms with Crippen LogP contribution in [-0.2, 0) is 0 Å². The summed E-state index contributed by atoms with van der Waals surface area (Å²) in [5.41, 5.74) is 0.388. The average molecular weight is 251 g/mol. The lowest BCUT2D eigenvalue weighted by molar-refractivity contribution is 0.0987. The van der Waals surface area contributed by atoms with Crippen molar-refractivity contribution < 1.29 is 13.9 Å². The van der Waals surface area contributed by atoms with E-state index in [0.29, 0.717) is 11.6 Å². The summed E-state index contributed by atoms with van der Waals surface area (Å²) in [5, 5.41) is 3.22. The Morgan fingerprint density at radius 3 is 2.78 bits per heavy atom. The van der Waals surface area contributed by atoms with Crippen LogP contribution < -0.4 is 10.1 Å². The first kappa shape index (κ1) is 13.0. The molecule has 1 aromatic rings. The van der Waals surface area contributed by atoms with Crippen molar-refractivity contribution in [3.8, 4) is 5.75 Å². The molecule has 1 N–H and O–H groups in total. The number of Topliss-reactive ketones (excluding diaryl/α,β-unsaturated/α-hetero) is 1. The van der Waals surface area contributed by atoms with Gasteiger partial charge in [0.25, 0.3) is 0 Å². The maximum absolute atomic E-state index is 13.5. The van der Waals surface area contributed by atoms with Gasteiger partial charge in [0, 0.05) is 11.6 Å². The molecule has 0 amide bonds. The van der Waals surface area contributed by atoms with Crippen LogP contribution in [0.4, 0.5) is 4.39 Å². The summed E-state index contributed by atoms with van der Waals surface area (Å²) in [4.78, 5) is 11.9. The Labute approximate surface area is 106 Å². The Bertz CT molecular complexity index is 428. The van der Waals surface area contributed by atoms with Crippen molar-refractivity contribution in [2.45, 2.75) is 31.7 Å². The van der Waals surface area contributed by atoms with E-state index in [4.69, 9.17) is 4.74 Å². The molecule has 18 heavy (non-hydrogen) atoms. The smallest absolute Gasteiger partial charge is 0.176 e. The summed E-state index contributed by atoms with van der Waals surface area (Å²) in [6.45, 7) is 0.274. The number of methoxy groups -OCH3 is 1. The number of hydrogen-bond donors (Lipinski definition) is 1. The van der Waals surface area contributed by atoms with Gasteiger partial charge >= 0.3 is 0 Å². The number of carbonyl (C=O) groups is 1. The first-order valence-electron chi connectivity index (χ1n) is 6.31. The number of ketones is 1. The second-order valence-electron chi connectivity index (χ2n) is 4.63. The minimum atomic E-state index is -0.496. The average Bonchev–Trinajstić information content (AvgIpc) is 2.89. The minimum Gasteiger partial charge on any atom is -0.494 e. The standard InChI is InChI=1S/C14H18FNO2/c1-18-14-7-6-10(8-12(14)15)13(17)9-16-11-4-2-3-5-11/h6-8,11,16H,2-5,9H2,1H3. The quantitative estimate of drug-likeness (QED) is 0.817. The highest BCUT2D eigenvalue weighted by atomic mass is 19.1. The third-order valence-corrected chi connectivity index (χ3v) is 3.38. The number of rotatable bonds is 5. The molecule has 0 bridgehead atoms. The third-order valence-electron chi connectivity index (χ3n) is 3.38. The molecule has 1 aliphatic rings. The Balaban J connectivity index is 1.93. The van der Waals surface area contributed by atoms with Crippen LogP contribution in [0.3, 0.4) is 0 Å². The summed E-state index contributed by atoms with van der Waals surface area (Å²) in [7, 11) is 1.40. The van der Waals surface area contributed by atoms with Crippen molar-refractivity contribution in [1.29, 1.82) is 0 Å². The van der Waals surface area contributed by atoms with Crippen LogP contribution in [0.15, 0.2) is 18.2 Å². The van der Waals surface area contributed by atoms with E-state index in [-0.39, 0.29) is 18.1 Å². The molecule has 1 fully saturated rings. The zero-order chi connectivity index (χ0) is 13.0. The summed E-state index contributed by atoms with van der Waals surface area (Å²) in [6, 6.07) is 4.76. The van der Waals surface area contributed by atoms with Gasteiger partial charge in [0.2, 0.25) is 0 Å². The lowest BCUT2D eigenvalue weighted by Gasteiger charge is -2.11. The number of nitrogens with one attached hydrogen (secondary N) is 1. The predicted octanol–water partition coefficient (Wildman–Crippen LogP) is 2.55. The highest BCUT2D eigenvalue weighted by Gasteiger charge is 2.16. The monoisotopic (exact) mass is 251 g/mol. The van der Waals surface area contributed by atoms with Crippen molar-refractivity contribution in [3.63, 3.8) is 0 Å². The summed E-state index contributed by atoms with van der Waals surface area (Å²) in [6.07, 6.45) is 4.71. The van der Waals surface area contributed by atoms with E-state index in [0.717, 1.165) is 12.8 Å². The number of benzene rings is 1. The molecule has 1 aromatic carbocycles. The molecular weight excluding hydrogens is 233 g/mol. The molecule has 0 spiro atoms. The van der Waals surface area contributed by atoms with Gasteiger partial charge in [-0.3, -0.25) is 4.79 Å². The van der Waals surface area contributed by atoms with Crippen molar-refractivity contribution >= 4 is 5.78 Å². The van der Waals surface area contributed by atoms with E-state index in [1.54, 1.807) is 6.07 Å². The van der Waals surface area contributed by atoms with Crippen molar-refractivity contribution in [2.75, 3.05) is 13.7 Å². The summed E-state index contributed by atoms with van der Waals surface area (Å²) in [5.74, 6) is -0.414. The molecule has 98 valence electrons. The Kier molecular flexibility index (Phi) is 4.31. The van der Waals surface area contributed by atoms with Gasteiger partial charge in [0.05, 0.1) is 13.7 Å². The van der Waals surface area contributed by atoms with Crippen molar-refractivity contribution in [1.82, 2.24) is 5.32 Å². The Hall–Kier alpha value is -1.42. The van der Waals surface area contributed by atoms with Gasteiger partial charge in [0.1, 0.15) is 0 Å². The molecule has 3 nitrogen and oxygen atoms in total. The number of ether oxygens (including phenoxy) is 1. The molecule has 0 unspecified atom stereocenters. The highest BCUT2D eigenvalue weighted by Crippen LogP contribution is 2.19. The van der Waals surface area contributed by atoms with E-state index in [1.165, 1.54) is 32.1 Å². The fourth-order valence-corrected chi connectivity index (χ4v) is 2.31. The zero-order valence-electron chi connectivity index (χ0n) is 10.5. The molecule has 0 atom stereocenters. The molecule has 0 radical (unpaired) electrons. The number of hydrogen-bond acceptors (Lipinski definition) is 3. The first-order chi connectivity index (χ1) is 8.70. The van der Waals surface area contributed by atoms with E-state index in [9.17, 15) is 9.18 Å². The van der Waals surface area contributed by atoms with Crippen LogP contribution in [0, 0.1) is 5.82 Å². The fourth-order valence-electron chi connectivity index (χ4n) is 2.31. The topological polar surface area (TPSA) is 38.3 Å². The van der Waals surface area contributed by atoms with Gasteiger partial charge in [-0.25, -0.2) is 4.39 Å². The van der Waals surface area contributed by atoms with Crippen molar-refractivity contribution in [2.24, 2.45) is 0 Å². The molecule has 4 heteroatoms. The molecule has 0 saturated heterocycles. The molecule has 0 aliphatic heterocycles. The van der Waals surface area contributed by atoms with Crippen LogP contribution in [0.5, 0.6) is 5.75 Å². The van der Waals surface area contributed by atoms with E-state index in [2.05, 4.69) is 5.32 Å². The Morgan fingerprint density at radius 2 is 2.17 bits per heavy atom. The van der Waals surface area contributed by atoms with Crippen LogP contribution in [-0.4, -0.2) is 25.5 Å². The molecular formula is C14H18FNO2. The molecule has 1 saturated carbocycles. The molecule has 0 heterocycles. The maximum Gasteiger partial charge on any atom is 0.176 e. The molecule has 0 aromatic heterocycles. The Morgan fingerprint density at radius 1 is 1.44 bits per heavy atom. The molecule has 2 rings (SSSR count). The first-order valence-corrected chi connectivity index (χ1v) is 6.31. The van der Waals surface area contributed by atoms with Crippen LogP contribution >= 0.6 is 0 Å². The van der Waals surface area contributed by atoms with E-state index < -0.39 is 5.82 Å². The number of halogens is 1. The van der Waals surface area contributed by atoms with E-state index in [1.807, 2.05) is 0 Å². The van der Waals surface area contributed by atoms with Gasteiger partial charge in [-0.1, -0.05) is 12.8 Å². The summed E-state index contributed by atoms with van der Waals surface area (Å²) >= 11 is 0. The van der Waals surface area contributed by atoms with Crippen LogP contribution in [0.2, 0.25) is 0 Å². The highest BCUT2D eigenvalue weighted by molar-refractivity contribution is 5.97. The van der Waals surface area contributed by atoms with Crippen molar-refractivity contribution in [3.05, 3.63) is 29.6 Å². The predicted molar refractivity (Wildman–Crippen MR) is 67.5 cm³/mol. The number of carbonyl (C=O) groups excluding carboxylic acids is 1. The van der Waals surface area contributed by atoms with Crippen LogP contribution in [0.25, 0.3) is 0 Å². The van der Waals surface area contributed by atoms with E-state index >= 15 is 0 Å². The fraction of sp³-hybridized carbons (Fsp3) is 0.500. The second kappa shape index (κ2) is 5.96. The second-order valence-corrected chi connectivity index (χ2v) is 4.63. The van der Waals surface area contributed by atoms with Gasteiger partial charge in [-0.2, -0.15) is 0 Å². The maximum atomic E-state index is 13.5. The summed E-state index contributed by atoms with van der Waals surface area (Å²) < 4.78 is 18.3. The normalized spacial score (nSPS) is 15.9. The third kappa shape index (κ3) is 3.07. The minimum absolute atomic E-state index is 0.0801. The van der Waals surface area contributed by atoms with Gasteiger partial charge < -0.3 is 10.1 Å². The van der Waals surface area contributed by atoms with Gasteiger partial charge in [-0.15, -0.1) is 0 Å². The van der Waals surface area contributed by atoms with Gasteiger partial charge in [-0.05, 0) is 31.0 Å². The lowest BCUT2D eigenvalue weighted by atomic mass is 10.1. The molecule has 1 aliphatic carbocycles. The lowest BCUT2D eigenvalue weighted by Crippen LogP contribution is -2.31.